The summed E-state index contributed by atoms with van der Waals surface area (Å²) in [6.07, 6.45) is 3.17. The first-order valence-corrected chi connectivity index (χ1v) is 9.25. The molecule has 5 nitrogen and oxygen atoms in total. The molecule has 1 heterocycles. The summed E-state index contributed by atoms with van der Waals surface area (Å²) in [5.41, 5.74) is 1.17. The van der Waals surface area contributed by atoms with Gasteiger partial charge in [-0.1, -0.05) is 15.9 Å². The van der Waals surface area contributed by atoms with Gasteiger partial charge in [-0.15, -0.1) is 0 Å². The van der Waals surface area contributed by atoms with Crippen molar-refractivity contribution in [1.82, 2.24) is 10.2 Å². The van der Waals surface area contributed by atoms with Gasteiger partial charge in [0.2, 0.25) is 5.91 Å². The summed E-state index contributed by atoms with van der Waals surface area (Å²) in [7, 11) is 0. The largest absolute Gasteiger partial charge is 0.390 e. The second-order valence-corrected chi connectivity index (χ2v) is 8.50. The number of hydrogen-bond donors (Lipinski definition) is 2. The monoisotopic (exact) mass is 392 g/mol. The number of benzene rings is 1. The number of carbonyl (C=O) groups is 2. The van der Waals surface area contributed by atoms with Crippen molar-refractivity contribution in [3.8, 4) is 0 Å². The van der Waals surface area contributed by atoms with Gasteiger partial charge in [-0.25, -0.2) is 0 Å². The van der Waals surface area contributed by atoms with E-state index < -0.39 is 5.60 Å². The van der Waals surface area contributed by atoms with Crippen LogP contribution in [0.15, 0.2) is 22.7 Å². The lowest BCUT2D eigenvalue weighted by molar-refractivity contribution is -0.126. The van der Waals surface area contributed by atoms with Crippen LogP contribution in [0.3, 0.4) is 0 Å². The summed E-state index contributed by atoms with van der Waals surface area (Å²) in [5.74, 6) is 0.164. The molecule has 128 valence electrons. The Morgan fingerprint density at radius 1 is 1.42 bits per heavy atom. The number of nitrogens with zero attached hydrogens (tertiary/aromatic N) is 1. The van der Waals surface area contributed by atoms with Gasteiger partial charge in [0.05, 0.1) is 5.60 Å². The molecule has 2 saturated carbocycles. The first kappa shape index (κ1) is 16.1. The summed E-state index contributed by atoms with van der Waals surface area (Å²) in [5, 5.41) is 12.7. The van der Waals surface area contributed by atoms with E-state index in [4.69, 9.17) is 0 Å². The van der Waals surface area contributed by atoms with Crippen molar-refractivity contribution in [2.45, 2.75) is 56.2 Å². The number of carbonyl (C=O) groups excluding carboxylic acids is 2. The summed E-state index contributed by atoms with van der Waals surface area (Å²) >= 11 is 3.48. The van der Waals surface area contributed by atoms with Gasteiger partial charge in [-0.2, -0.15) is 0 Å². The molecule has 0 bridgehead atoms. The topological polar surface area (TPSA) is 69.6 Å². The van der Waals surface area contributed by atoms with E-state index in [1.54, 1.807) is 11.8 Å². The Kier molecular flexibility index (Phi) is 3.73. The Hall–Kier alpha value is -1.40. The molecule has 1 aromatic carbocycles. The third-order valence-corrected chi connectivity index (χ3v) is 6.09. The maximum atomic E-state index is 12.8. The van der Waals surface area contributed by atoms with Crippen LogP contribution in [-0.2, 0) is 4.79 Å². The van der Waals surface area contributed by atoms with Crippen molar-refractivity contribution in [3.05, 3.63) is 33.8 Å². The van der Waals surface area contributed by atoms with Crippen molar-refractivity contribution < 1.29 is 14.7 Å². The molecule has 2 aliphatic carbocycles. The number of fused-ring (bicyclic) bond motifs is 3. The quantitative estimate of drug-likeness (QED) is 0.827. The highest BCUT2D eigenvalue weighted by Crippen LogP contribution is 2.46. The van der Waals surface area contributed by atoms with Crippen molar-refractivity contribution in [2.75, 3.05) is 6.54 Å². The first-order valence-electron chi connectivity index (χ1n) is 8.46. The van der Waals surface area contributed by atoms with Gasteiger partial charge in [0, 0.05) is 28.0 Å². The maximum absolute atomic E-state index is 12.8. The van der Waals surface area contributed by atoms with E-state index in [1.165, 1.54) is 0 Å². The summed E-state index contributed by atoms with van der Waals surface area (Å²) in [4.78, 5) is 26.9. The van der Waals surface area contributed by atoms with Gasteiger partial charge in [-0.3, -0.25) is 9.59 Å². The van der Waals surface area contributed by atoms with Crippen LogP contribution in [0.4, 0.5) is 0 Å². The predicted molar refractivity (Wildman–Crippen MR) is 92.7 cm³/mol. The summed E-state index contributed by atoms with van der Waals surface area (Å²) in [6.45, 7) is 1.88. The van der Waals surface area contributed by atoms with Gasteiger partial charge in [0.1, 0.15) is 6.54 Å². The fraction of sp³-hybridized carbons (Fsp3) is 0.556. The molecule has 2 atom stereocenters. The van der Waals surface area contributed by atoms with Gasteiger partial charge in [0.25, 0.3) is 5.91 Å². The molecule has 2 N–H and O–H groups in total. The fourth-order valence-corrected chi connectivity index (χ4v) is 4.66. The average Bonchev–Trinajstić information content (AvgIpc) is 2.42. The molecule has 0 saturated heterocycles. The van der Waals surface area contributed by atoms with Crippen LogP contribution in [-0.4, -0.2) is 46.1 Å². The number of amides is 2. The minimum absolute atomic E-state index is 0.0211. The lowest BCUT2D eigenvalue weighted by atomic mass is 9.70. The van der Waals surface area contributed by atoms with Gasteiger partial charge < -0.3 is 15.3 Å². The standard InChI is InChI=1S/C18H21BrN2O3/c1-18(24)7-11(8-18)20-16(22)9-21-15-5-4-12(15)14-6-10(19)2-3-13(14)17(21)23/h2-3,6,11-12,15,24H,4-5,7-9H2,1H3,(H,20,22)/t11?,12-,15-,18?/m0/s1. The zero-order chi connectivity index (χ0) is 17.1. The smallest absolute Gasteiger partial charge is 0.254 e. The third kappa shape index (κ3) is 2.65. The highest BCUT2D eigenvalue weighted by molar-refractivity contribution is 9.10. The average molecular weight is 393 g/mol. The lowest BCUT2D eigenvalue weighted by Gasteiger charge is -2.49. The third-order valence-electron chi connectivity index (χ3n) is 5.59. The number of rotatable bonds is 3. The molecule has 2 amide bonds. The zero-order valence-corrected chi connectivity index (χ0v) is 15.2. The Morgan fingerprint density at radius 2 is 2.17 bits per heavy atom. The van der Waals surface area contributed by atoms with Crippen LogP contribution >= 0.6 is 15.9 Å². The highest BCUT2D eigenvalue weighted by atomic mass is 79.9. The van der Waals surface area contributed by atoms with E-state index in [0.717, 1.165) is 28.4 Å². The van der Waals surface area contributed by atoms with Crippen molar-refractivity contribution in [3.63, 3.8) is 0 Å². The van der Waals surface area contributed by atoms with Crippen molar-refractivity contribution in [1.29, 1.82) is 0 Å². The van der Waals surface area contributed by atoms with Crippen LogP contribution < -0.4 is 5.32 Å². The molecule has 6 heteroatoms. The van der Waals surface area contributed by atoms with E-state index >= 15 is 0 Å². The molecule has 0 aromatic heterocycles. The Bertz CT molecular complexity index is 710. The molecule has 2 fully saturated rings. The number of nitrogens with one attached hydrogen (secondary N) is 1. The van der Waals surface area contributed by atoms with Crippen LogP contribution in [0.25, 0.3) is 0 Å². The predicted octanol–water partition coefficient (Wildman–Crippen LogP) is 2.18. The van der Waals surface area contributed by atoms with Crippen molar-refractivity contribution in [2.24, 2.45) is 0 Å². The van der Waals surface area contributed by atoms with Crippen LogP contribution in [0.5, 0.6) is 0 Å². The molecule has 0 unspecified atom stereocenters. The second kappa shape index (κ2) is 5.56. The summed E-state index contributed by atoms with van der Waals surface area (Å²) in [6, 6.07) is 5.93. The Balaban J connectivity index is 1.47. The Labute approximate surface area is 149 Å². The molecule has 0 spiro atoms. The SMILES string of the molecule is CC1(O)CC(NC(=O)CN2C(=O)c3ccc(Br)cc3[C@@H]3CC[C@@H]32)C1. The van der Waals surface area contributed by atoms with Crippen LogP contribution in [0.1, 0.15) is 54.4 Å². The highest BCUT2D eigenvalue weighted by Gasteiger charge is 2.46. The first-order chi connectivity index (χ1) is 11.3. The molecule has 1 aliphatic heterocycles. The molecular formula is C18H21BrN2O3. The minimum Gasteiger partial charge on any atom is -0.390 e. The fourth-order valence-electron chi connectivity index (χ4n) is 4.28. The normalized spacial score (nSPS) is 33.9. The molecule has 4 rings (SSSR count). The lowest BCUT2D eigenvalue weighted by Crippen LogP contribution is -2.58. The number of halogens is 1. The van der Waals surface area contributed by atoms with Crippen molar-refractivity contribution >= 4 is 27.7 Å². The van der Waals surface area contributed by atoms with Crippen LogP contribution in [0.2, 0.25) is 0 Å². The van der Waals surface area contributed by atoms with E-state index in [0.29, 0.717) is 18.8 Å². The number of hydrogen-bond acceptors (Lipinski definition) is 3. The van der Waals surface area contributed by atoms with E-state index in [-0.39, 0.29) is 30.4 Å². The number of aliphatic hydroxyl groups is 1. The maximum Gasteiger partial charge on any atom is 0.254 e. The molecule has 24 heavy (non-hydrogen) atoms. The van der Waals surface area contributed by atoms with Gasteiger partial charge in [-0.05, 0) is 56.4 Å². The van der Waals surface area contributed by atoms with Gasteiger partial charge in [0.15, 0.2) is 0 Å². The van der Waals surface area contributed by atoms with Crippen LogP contribution in [0, 0.1) is 0 Å². The second-order valence-electron chi connectivity index (χ2n) is 7.59. The zero-order valence-electron chi connectivity index (χ0n) is 13.6. The molecule has 0 radical (unpaired) electrons. The van der Waals surface area contributed by atoms with E-state index in [9.17, 15) is 14.7 Å². The van der Waals surface area contributed by atoms with Gasteiger partial charge >= 0.3 is 0 Å². The molecule has 1 aromatic rings. The van der Waals surface area contributed by atoms with E-state index in [2.05, 4.69) is 21.2 Å². The molecule has 3 aliphatic rings. The Morgan fingerprint density at radius 3 is 2.79 bits per heavy atom. The summed E-state index contributed by atoms with van der Waals surface area (Å²) < 4.78 is 0.989. The molecular weight excluding hydrogens is 372 g/mol. The van der Waals surface area contributed by atoms with E-state index in [1.807, 2.05) is 18.2 Å². The minimum atomic E-state index is -0.662.